The topological polar surface area (TPSA) is 38.1 Å². The lowest BCUT2D eigenvalue weighted by Gasteiger charge is -1.98. The third kappa shape index (κ3) is 2.26. The molecule has 11 heavy (non-hydrogen) atoms. The van der Waals surface area contributed by atoms with Gasteiger partial charge in [-0.15, -0.1) is 0 Å². The van der Waals surface area contributed by atoms with Crippen LogP contribution in [0.25, 0.3) is 0 Å². The monoisotopic (exact) mass is 154 g/mol. The molecule has 0 unspecified atom stereocenters. The van der Waals surface area contributed by atoms with Gasteiger partial charge in [-0.1, -0.05) is 13.8 Å². The molecule has 3 nitrogen and oxygen atoms in total. The maximum atomic E-state index is 5.32. The van der Waals surface area contributed by atoms with Gasteiger partial charge in [0.05, 0.1) is 6.20 Å². The van der Waals surface area contributed by atoms with E-state index in [1.54, 1.807) is 13.2 Å². The first kappa shape index (κ1) is 8.11. The van der Waals surface area contributed by atoms with Gasteiger partial charge in [-0.2, -0.15) is 0 Å². The second-order valence-electron chi connectivity index (χ2n) is 2.98. The molecule has 1 rings (SSSR count). The number of nitrogens with zero attached hydrogens (tertiary/aromatic N) is 1. The highest BCUT2D eigenvalue weighted by Gasteiger charge is 2.03. The fourth-order valence-corrected chi connectivity index (χ4v) is 0.920. The molecular weight excluding hydrogens is 140 g/mol. The van der Waals surface area contributed by atoms with Crippen LogP contribution < -0.4 is 5.32 Å². The minimum absolute atomic E-state index is 0.598. The van der Waals surface area contributed by atoms with E-state index in [4.69, 9.17) is 4.42 Å². The summed E-state index contributed by atoms with van der Waals surface area (Å²) in [6.45, 7) is 4.31. The number of aromatic nitrogens is 1. The second kappa shape index (κ2) is 3.42. The fourth-order valence-electron chi connectivity index (χ4n) is 0.920. The highest BCUT2D eigenvalue weighted by atomic mass is 16.4. The first-order valence-electron chi connectivity index (χ1n) is 3.85. The Bertz CT molecular complexity index is 218. The molecule has 0 bridgehead atoms. The number of rotatable bonds is 3. The van der Waals surface area contributed by atoms with E-state index in [0.717, 1.165) is 12.2 Å². The molecule has 0 radical (unpaired) electrons. The Labute approximate surface area is 66.8 Å². The van der Waals surface area contributed by atoms with Crippen molar-refractivity contribution < 1.29 is 4.42 Å². The van der Waals surface area contributed by atoms with Gasteiger partial charge in [0.2, 0.25) is 0 Å². The van der Waals surface area contributed by atoms with Crippen molar-refractivity contribution >= 4 is 6.01 Å². The molecule has 0 spiro atoms. The Balaban J connectivity index is 2.58. The van der Waals surface area contributed by atoms with Crippen molar-refractivity contribution in [3.05, 3.63) is 12.0 Å². The fraction of sp³-hybridized carbons (Fsp3) is 0.625. The number of anilines is 1. The Morgan fingerprint density at radius 1 is 1.64 bits per heavy atom. The summed E-state index contributed by atoms with van der Waals surface area (Å²) in [7, 11) is 1.80. The highest BCUT2D eigenvalue weighted by molar-refractivity contribution is 5.18. The molecule has 0 aliphatic carbocycles. The van der Waals surface area contributed by atoms with Gasteiger partial charge in [-0.3, -0.25) is 0 Å². The molecule has 1 N–H and O–H groups in total. The Morgan fingerprint density at radius 3 is 2.82 bits per heavy atom. The van der Waals surface area contributed by atoms with Gasteiger partial charge in [-0.25, -0.2) is 4.98 Å². The van der Waals surface area contributed by atoms with Crippen LogP contribution in [-0.2, 0) is 6.42 Å². The molecule has 0 amide bonds. The number of hydrogen-bond acceptors (Lipinski definition) is 3. The van der Waals surface area contributed by atoms with E-state index in [-0.39, 0.29) is 0 Å². The molecule has 0 aliphatic heterocycles. The number of hydrogen-bond donors (Lipinski definition) is 1. The molecule has 3 heteroatoms. The molecule has 0 fully saturated rings. The Hall–Kier alpha value is -0.990. The molecule has 0 saturated heterocycles. The van der Waals surface area contributed by atoms with Crippen LogP contribution in [0.1, 0.15) is 19.6 Å². The lowest BCUT2D eigenvalue weighted by atomic mass is 10.1. The number of nitrogens with one attached hydrogen (secondary N) is 1. The predicted molar refractivity (Wildman–Crippen MR) is 44.6 cm³/mol. The van der Waals surface area contributed by atoms with E-state index in [0.29, 0.717) is 11.9 Å². The quantitative estimate of drug-likeness (QED) is 0.722. The third-order valence-corrected chi connectivity index (χ3v) is 1.38. The van der Waals surface area contributed by atoms with E-state index in [2.05, 4.69) is 24.1 Å². The lowest BCUT2D eigenvalue weighted by Crippen LogP contribution is -1.91. The summed E-state index contributed by atoms with van der Waals surface area (Å²) >= 11 is 0. The van der Waals surface area contributed by atoms with Crippen molar-refractivity contribution in [3.63, 3.8) is 0 Å². The standard InChI is InChI=1S/C8H14N2O/c1-6(2)4-7-5-10-8(9-3)11-7/h5-6H,4H2,1-3H3,(H,9,10). The van der Waals surface area contributed by atoms with Crippen molar-refractivity contribution in [2.75, 3.05) is 12.4 Å². The SMILES string of the molecule is CNc1ncc(CC(C)C)o1. The average molecular weight is 154 g/mol. The predicted octanol–water partition coefficient (Wildman–Crippen LogP) is 1.91. The summed E-state index contributed by atoms with van der Waals surface area (Å²) in [6, 6.07) is 0.598. The van der Waals surface area contributed by atoms with E-state index in [1.165, 1.54) is 0 Å². The third-order valence-electron chi connectivity index (χ3n) is 1.38. The highest BCUT2D eigenvalue weighted by Crippen LogP contribution is 2.11. The van der Waals surface area contributed by atoms with Crippen molar-refractivity contribution in [1.82, 2.24) is 4.98 Å². The van der Waals surface area contributed by atoms with Crippen molar-refractivity contribution in [2.24, 2.45) is 5.92 Å². The van der Waals surface area contributed by atoms with Crippen LogP contribution in [0.3, 0.4) is 0 Å². The van der Waals surface area contributed by atoms with Gasteiger partial charge in [0.15, 0.2) is 0 Å². The molecule has 0 saturated carbocycles. The minimum Gasteiger partial charge on any atom is -0.429 e. The van der Waals surface area contributed by atoms with E-state index in [1.807, 2.05) is 0 Å². The maximum absolute atomic E-state index is 5.32. The normalized spacial score (nSPS) is 10.5. The van der Waals surface area contributed by atoms with Gasteiger partial charge in [0, 0.05) is 13.5 Å². The Morgan fingerprint density at radius 2 is 2.36 bits per heavy atom. The molecule has 62 valence electrons. The summed E-state index contributed by atoms with van der Waals surface area (Å²) in [4.78, 5) is 4.01. The Kier molecular flexibility index (Phi) is 2.52. The van der Waals surface area contributed by atoms with Gasteiger partial charge in [-0.05, 0) is 5.92 Å². The smallest absolute Gasteiger partial charge is 0.294 e. The summed E-state index contributed by atoms with van der Waals surface area (Å²) in [5, 5.41) is 2.84. The lowest BCUT2D eigenvalue weighted by molar-refractivity contribution is 0.480. The second-order valence-corrected chi connectivity index (χ2v) is 2.98. The molecule has 0 atom stereocenters. The minimum atomic E-state index is 0.598. The average Bonchev–Trinajstić information content (AvgIpc) is 2.34. The zero-order valence-electron chi connectivity index (χ0n) is 7.22. The van der Waals surface area contributed by atoms with Gasteiger partial charge in [0.1, 0.15) is 5.76 Å². The van der Waals surface area contributed by atoms with Crippen LogP contribution in [0.15, 0.2) is 10.6 Å². The van der Waals surface area contributed by atoms with Crippen LogP contribution in [0.5, 0.6) is 0 Å². The molecule has 1 heterocycles. The first-order chi connectivity index (χ1) is 5.22. The van der Waals surface area contributed by atoms with Crippen molar-refractivity contribution in [1.29, 1.82) is 0 Å². The molecule has 0 aromatic carbocycles. The van der Waals surface area contributed by atoms with E-state index >= 15 is 0 Å². The van der Waals surface area contributed by atoms with Gasteiger partial charge < -0.3 is 9.73 Å². The van der Waals surface area contributed by atoms with Crippen molar-refractivity contribution in [2.45, 2.75) is 20.3 Å². The molecule has 1 aromatic heterocycles. The molecule has 1 aromatic rings. The van der Waals surface area contributed by atoms with Crippen LogP contribution in [0, 0.1) is 5.92 Å². The number of oxazole rings is 1. The maximum Gasteiger partial charge on any atom is 0.294 e. The van der Waals surface area contributed by atoms with Crippen LogP contribution >= 0.6 is 0 Å². The van der Waals surface area contributed by atoms with E-state index in [9.17, 15) is 0 Å². The van der Waals surface area contributed by atoms with Crippen LogP contribution in [0.4, 0.5) is 6.01 Å². The largest absolute Gasteiger partial charge is 0.429 e. The first-order valence-corrected chi connectivity index (χ1v) is 3.85. The zero-order valence-corrected chi connectivity index (χ0v) is 7.22. The van der Waals surface area contributed by atoms with Crippen LogP contribution in [0.2, 0.25) is 0 Å². The molecular formula is C8H14N2O. The summed E-state index contributed by atoms with van der Waals surface area (Å²) < 4.78 is 5.32. The summed E-state index contributed by atoms with van der Waals surface area (Å²) in [6.07, 6.45) is 2.72. The summed E-state index contributed by atoms with van der Waals surface area (Å²) in [5.74, 6) is 1.57. The molecule has 0 aliphatic rings. The zero-order chi connectivity index (χ0) is 8.27. The van der Waals surface area contributed by atoms with Crippen molar-refractivity contribution in [3.8, 4) is 0 Å². The van der Waals surface area contributed by atoms with Crippen LogP contribution in [-0.4, -0.2) is 12.0 Å². The summed E-state index contributed by atoms with van der Waals surface area (Å²) in [5.41, 5.74) is 0. The van der Waals surface area contributed by atoms with Gasteiger partial charge >= 0.3 is 0 Å². The van der Waals surface area contributed by atoms with E-state index < -0.39 is 0 Å². The van der Waals surface area contributed by atoms with Gasteiger partial charge in [0.25, 0.3) is 6.01 Å².